The second-order valence-corrected chi connectivity index (χ2v) is 11.1. The summed E-state index contributed by atoms with van der Waals surface area (Å²) in [5, 5.41) is 0. The Balaban J connectivity index is 1.34. The van der Waals surface area contributed by atoms with Gasteiger partial charge in [-0.05, 0) is 86.8 Å². The van der Waals surface area contributed by atoms with Crippen molar-refractivity contribution in [1.82, 2.24) is 0 Å². The fourth-order valence-electron chi connectivity index (χ4n) is 6.20. The molecular formula is C31H50O2. The molecule has 1 aromatic carbocycles. The summed E-state index contributed by atoms with van der Waals surface area (Å²) < 4.78 is 5.78. The van der Waals surface area contributed by atoms with E-state index in [0.717, 1.165) is 30.4 Å². The van der Waals surface area contributed by atoms with Gasteiger partial charge in [0.2, 0.25) is 0 Å². The van der Waals surface area contributed by atoms with E-state index in [-0.39, 0.29) is 11.9 Å². The van der Waals surface area contributed by atoms with Gasteiger partial charge in [0, 0.05) is 0 Å². The van der Waals surface area contributed by atoms with E-state index in [2.05, 4.69) is 26.0 Å². The number of rotatable bonds is 13. The number of unbranched alkanes of at least 4 members (excludes halogenated alkanes) is 6. The van der Waals surface area contributed by atoms with Gasteiger partial charge in [0.05, 0.1) is 5.92 Å². The average Bonchev–Trinajstić information content (AvgIpc) is 2.85. The molecule has 2 saturated carbocycles. The van der Waals surface area contributed by atoms with E-state index in [1.807, 2.05) is 12.1 Å². The lowest BCUT2D eigenvalue weighted by atomic mass is 9.77. The van der Waals surface area contributed by atoms with Crippen LogP contribution in [0.3, 0.4) is 0 Å². The van der Waals surface area contributed by atoms with Gasteiger partial charge < -0.3 is 4.74 Å². The normalized spacial score (nSPS) is 25.6. The number of carbonyl (C=O) groups is 1. The molecule has 1 aromatic rings. The minimum Gasteiger partial charge on any atom is -0.426 e. The molecule has 0 aromatic heterocycles. The largest absolute Gasteiger partial charge is 0.426 e. The molecule has 0 unspecified atom stereocenters. The van der Waals surface area contributed by atoms with Crippen molar-refractivity contribution in [2.75, 3.05) is 0 Å². The van der Waals surface area contributed by atoms with Crippen LogP contribution in [0.25, 0.3) is 0 Å². The van der Waals surface area contributed by atoms with Crippen molar-refractivity contribution >= 4 is 5.97 Å². The minimum absolute atomic E-state index is 0.00537. The number of ether oxygens (including phenoxy) is 1. The lowest BCUT2D eigenvalue weighted by molar-refractivity contribution is -0.140. The van der Waals surface area contributed by atoms with Gasteiger partial charge in [0.25, 0.3) is 0 Å². The van der Waals surface area contributed by atoms with Crippen LogP contribution in [0.2, 0.25) is 0 Å². The van der Waals surface area contributed by atoms with Crippen LogP contribution in [0.4, 0.5) is 0 Å². The molecule has 2 fully saturated rings. The van der Waals surface area contributed by atoms with E-state index in [4.69, 9.17) is 4.74 Å². The third-order valence-electron chi connectivity index (χ3n) is 8.53. The van der Waals surface area contributed by atoms with Crippen molar-refractivity contribution in [2.45, 2.75) is 135 Å². The van der Waals surface area contributed by atoms with E-state index in [1.165, 1.54) is 108 Å². The minimum atomic E-state index is -0.00537. The highest BCUT2D eigenvalue weighted by Gasteiger charge is 2.28. The van der Waals surface area contributed by atoms with Gasteiger partial charge >= 0.3 is 5.97 Å². The van der Waals surface area contributed by atoms with Gasteiger partial charge in [-0.3, -0.25) is 4.79 Å². The summed E-state index contributed by atoms with van der Waals surface area (Å²) in [7, 11) is 0. The maximum absolute atomic E-state index is 12.7. The Morgan fingerprint density at radius 2 is 1.21 bits per heavy atom. The Labute approximate surface area is 204 Å². The molecule has 0 bridgehead atoms. The van der Waals surface area contributed by atoms with E-state index in [0.29, 0.717) is 5.92 Å². The van der Waals surface area contributed by atoms with Crippen molar-refractivity contribution in [3.05, 3.63) is 29.8 Å². The Morgan fingerprint density at radius 3 is 1.82 bits per heavy atom. The van der Waals surface area contributed by atoms with Gasteiger partial charge in [-0.25, -0.2) is 0 Å². The molecule has 0 radical (unpaired) electrons. The Bertz CT molecular complexity index is 648. The molecule has 3 rings (SSSR count). The summed E-state index contributed by atoms with van der Waals surface area (Å²) in [6, 6.07) is 8.48. The predicted molar refractivity (Wildman–Crippen MR) is 140 cm³/mol. The number of hydrogen-bond donors (Lipinski definition) is 0. The Kier molecular flexibility index (Phi) is 11.8. The standard InChI is InChI=1S/C31H50O2/c1-3-5-7-8-10-12-26-13-17-27(18-14-26)28-21-23-30(24-22-28)33-31(32)29-19-15-25(16-20-29)11-9-6-4-2/h21-27,29H,3-20H2,1-2H3. The number of benzene rings is 1. The van der Waals surface area contributed by atoms with Crippen LogP contribution in [0.5, 0.6) is 5.75 Å². The highest BCUT2D eigenvalue weighted by molar-refractivity contribution is 5.75. The second kappa shape index (κ2) is 14.8. The molecule has 2 aliphatic rings. The predicted octanol–water partition coefficient (Wildman–Crippen LogP) is 9.61. The summed E-state index contributed by atoms with van der Waals surface area (Å²) >= 11 is 0. The number of carbonyl (C=O) groups excluding carboxylic acids is 1. The number of esters is 1. The first-order valence-corrected chi connectivity index (χ1v) is 14.5. The Hall–Kier alpha value is -1.31. The van der Waals surface area contributed by atoms with E-state index < -0.39 is 0 Å². The van der Waals surface area contributed by atoms with Crippen molar-refractivity contribution in [3.8, 4) is 5.75 Å². The van der Waals surface area contributed by atoms with Crippen LogP contribution < -0.4 is 4.74 Å². The van der Waals surface area contributed by atoms with Crippen LogP contribution in [-0.4, -0.2) is 5.97 Å². The van der Waals surface area contributed by atoms with Crippen LogP contribution >= 0.6 is 0 Å². The Morgan fingerprint density at radius 1 is 0.697 bits per heavy atom. The zero-order chi connectivity index (χ0) is 23.3. The zero-order valence-electron chi connectivity index (χ0n) is 21.7. The first kappa shape index (κ1) is 26.3. The SMILES string of the molecule is CCCCCCCC1CCC(c2ccc(OC(=O)C3CCC(CCCCC)CC3)cc2)CC1. The molecule has 0 amide bonds. The van der Waals surface area contributed by atoms with Crippen molar-refractivity contribution in [2.24, 2.45) is 17.8 Å². The maximum atomic E-state index is 12.7. The fourth-order valence-corrected chi connectivity index (χ4v) is 6.20. The lowest BCUT2D eigenvalue weighted by Crippen LogP contribution is -2.25. The van der Waals surface area contributed by atoms with Crippen LogP contribution in [0.1, 0.15) is 141 Å². The second-order valence-electron chi connectivity index (χ2n) is 11.1. The van der Waals surface area contributed by atoms with Gasteiger partial charge in [-0.15, -0.1) is 0 Å². The van der Waals surface area contributed by atoms with Crippen molar-refractivity contribution in [1.29, 1.82) is 0 Å². The van der Waals surface area contributed by atoms with Crippen molar-refractivity contribution in [3.63, 3.8) is 0 Å². The third-order valence-corrected chi connectivity index (χ3v) is 8.53. The van der Waals surface area contributed by atoms with E-state index in [1.54, 1.807) is 0 Å². The summed E-state index contributed by atoms with van der Waals surface area (Å²) in [6.45, 7) is 4.56. The molecule has 2 nitrogen and oxygen atoms in total. The molecule has 0 spiro atoms. The lowest BCUT2D eigenvalue weighted by Gasteiger charge is -2.29. The fraction of sp³-hybridized carbons (Fsp3) is 0.774. The smallest absolute Gasteiger partial charge is 0.314 e. The van der Waals surface area contributed by atoms with E-state index in [9.17, 15) is 4.79 Å². The summed E-state index contributed by atoms with van der Waals surface area (Å²) in [5.41, 5.74) is 1.43. The molecular weight excluding hydrogens is 404 g/mol. The first-order chi connectivity index (χ1) is 16.2. The zero-order valence-corrected chi connectivity index (χ0v) is 21.7. The highest BCUT2D eigenvalue weighted by atomic mass is 16.5. The van der Waals surface area contributed by atoms with Gasteiger partial charge in [-0.2, -0.15) is 0 Å². The summed E-state index contributed by atoms with van der Waals surface area (Å²) in [4.78, 5) is 12.7. The van der Waals surface area contributed by atoms with E-state index >= 15 is 0 Å². The van der Waals surface area contributed by atoms with Crippen LogP contribution in [0.15, 0.2) is 24.3 Å². The quantitative estimate of drug-likeness (QED) is 0.168. The van der Waals surface area contributed by atoms with Gasteiger partial charge in [0.1, 0.15) is 5.75 Å². The maximum Gasteiger partial charge on any atom is 0.314 e. The van der Waals surface area contributed by atoms with Gasteiger partial charge in [0.15, 0.2) is 0 Å². The molecule has 2 aliphatic carbocycles. The molecule has 33 heavy (non-hydrogen) atoms. The average molecular weight is 455 g/mol. The van der Waals surface area contributed by atoms with Crippen LogP contribution in [0, 0.1) is 17.8 Å². The van der Waals surface area contributed by atoms with Gasteiger partial charge in [-0.1, -0.05) is 90.2 Å². The molecule has 186 valence electrons. The highest BCUT2D eigenvalue weighted by Crippen LogP contribution is 2.38. The van der Waals surface area contributed by atoms with Crippen molar-refractivity contribution < 1.29 is 9.53 Å². The molecule has 0 saturated heterocycles. The first-order valence-electron chi connectivity index (χ1n) is 14.5. The topological polar surface area (TPSA) is 26.3 Å². The molecule has 0 aliphatic heterocycles. The molecule has 0 atom stereocenters. The number of hydrogen-bond acceptors (Lipinski definition) is 2. The third kappa shape index (κ3) is 9.10. The molecule has 2 heteroatoms. The summed E-state index contributed by atoms with van der Waals surface area (Å²) in [5.74, 6) is 3.29. The summed E-state index contributed by atoms with van der Waals surface area (Å²) in [6.07, 6.45) is 23.6. The monoisotopic (exact) mass is 454 g/mol. The molecule has 0 heterocycles. The van der Waals surface area contributed by atoms with Crippen LogP contribution in [-0.2, 0) is 4.79 Å². The molecule has 0 N–H and O–H groups in total.